The van der Waals surface area contributed by atoms with Crippen LogP contribution in [0.15, 0.2) is 23.3 Å². The Labute approximate surface area is 91.4 Å². The molecule has 0 aliphatic heterocycles. The Morgan fingerprint density at radius 3 is 2.67 bits per heavy atom. The normalized spacial score (nSPS) is 11.5. The lowest BCUT2D eigenvalue weighted by atomic mass is 10.3. The topological polar surface area (TPSA) is 106 Å². The van der Waals surface area contributed by atoms with E-state index in [0.29, 0.717) is 0 Å². The lowest BCUT2D eigenvalue weighted by molar-refractivity contribution is -0.138. The molecular weight excluding hydrogens is 224 g/mol. The van der Waals surface area contributed by atoms with Crippen molar-refractivity contribution in [3.8, 4) is 5.75 Å². The number of hydrogen-bond acceptors (Lipinski definition) is 4. The Morgan fingerprint density at radius 2 is 2.20 bits per heavy atom. The molecule has 6 nitrogen and oxygen atoms in total. The SMILES string of the molecule is Cl.N[C@@H](Cn1ccc(=O)c(O)c1)C(=O)O. The zero-order valence-electron chi connectivity index (χ0n) is 7.66. The molecule has 0 fully saturated rings. The van der Waals surface area contributed by atoms with Crippen molar-refractivity contribution in [2.45, 2.75) is 12.6 Å². The molecule has 84 valence electrons. The third-order valence-corrected chi connectivity index (χ3v) is 1.68. The monoisotopic (exact) mass is 234 g/mol. The fourth-order valence-corrected chi connectivity index (χ4v) is 0.931. The van der Waals surface area contributed by atoms with Crippen molar-refractivity contribution < 1.29 is 15.0 Å². The molecule has 0 bridgehead atoms. The predicted octanol–water partition coefficient (Wildman–Crippen LogP) is -0.612. The summed E-state index contributed by atoms with van der Waals surface area (Å²) in [4.78, 5) is 21.2. The van der Waals surface area contributed by atoms with E-state index in [-0.39, 0.29) is 19.0 Å². The first-order chi connectivity index (χ1) is 6.50. The van der Waals surface area contributed by atoms with Crippen molar-refractivity contribution in [2.75, 3.05) is 0 Å². The van der Waals surface area contributed by atoms with Gasteiger partial charge in [0.1, 0.15) is 6.04 Å². The standard InChI is InChI=1S/C8H10N2O4.ClH/c9-5(8(13)14)3-10-2-1-6(11)7(12)4-10;/h1-2,4-5,12H,3,9H2,(H,13,14);1H/t5-;/m0./s1. The maximum absolute atomic E-state index is 10.8. The second-order valence-corrected chi connectivity index (χ2v) is 2.84. The van der Waals surface area contributed by atoms with Crippen molar-refractivity contribution in [3.05, 3.63) is 28.7 Å². The van der Waals surface area contributed by atoms with Gasteiger partial charge >= 0.3 is 5.97 Å². The minimum atomic E-state index is -1.14. The maximum atomic E-state index is 10.8. The van der Waals surface area contributed by atoms with Crippen molar-refractivity contribution in [2.24, 2.45) is 5.73 Å². The van der Waals surface area contributed by atoms with E-state index in [4.69, 9.17) is 15.9 Å². The van der Waals surface area contributed by atoms with Gasteiger partial charge in [-0.05, 0) is 0 Å². The predicted molar refractivity (Wildman–Crippen MR) is 55.2 cm³/mol. The van der Waals surface area contributed by atoms with Crippen molar-refractivity contribution in [3.63, 3.8) is 0 Å². The molecule has 0 radical (unpaired) electrons. The molecule has 4 N–H and O–H groups in total. The molecule has 0 aliphatic carbocycles. The van der Waals surface area contributed by atoms with Gasteiger partial charge in [-0.2, -0.15) is 0 Å². The Balaban J connectivity index is 0.00000196. The van der Waals surface area contributed by atoms with Crippen LogP contribution in [0.5, 0.6) is 5.75 Å². The van der Waals surface area contributed by atoms with Crippen LogP contribution < -0.4 is 11.2 Å². The summed E-state index contributed by atoms with van der Waals surface area (Å²) in [5, 5.41) is 17.5. The molecule has 0 aliphatic rings. The van der Waals surface area contributed by atoms with Gasteiger partial charge in [0.05, 0.1) is 0 Å². The first-order valence-corrected chi connectivity index (χ1v) is 3.88. The smallest absolute Gasteiger partial charge is 0.322 e. The van der Waals surface area contributed by atoms with Gasteiger partial charge in [-0.3, -0.25) is 9.59 Å². The van der Waals surface area contributed by atoms with E-state index in [1.165, 1.54) is 10.8 Å². The molecule has 1 aromatic rings. The van der Waals surface area contributed by atoms with E-state index in [9.17, 15) is 9.59 Å². The Kier molecular flexibility index (Phi) is 4.83. The Bertz CT molecular complexity index is 404. The average Bonchev–Trinajstić information content (AvgIpc) is 2.11. The summed E-state index contributed by atoms with van der Waals surface area (Å²) < 4.78 is 1.34. The summed E-state index contributed by atoms with van der Waals surface area (Å²) >= 11 is 0. The van der Waals surface area contributed by atoms with Crippen LogP contribution in [0.2, 0.25) is 0 Å². The highest BCUT2D eigenvalue weighted by molar-refractivity contribution is 5.85. The summed E-state index contributed by atoms with van der Waals surface area (Å²) in [6.07, 6.45) is 2.51. The summed E-state index contributed by atoms with van der Waals surface area (Å²) in [7, 11) is 0. The summed E-state index contributed by atoms with van der Waals surface area (Å²) in [5.41, 5.74) is 4.75. The molecule has 1 aromatic heterocycles. The number of pyridine rings is 1. The van der Waals surface area contributed by atoms with Gasteiger partial charge in [0.2, 0.25) is 5.43 Å². The number of aliphatic carboxylic acids is 1. The van der Waals surface area contributed by atoms with E-state index < -0.39 is 23.2 Å². The molecule has 7 heteroatoms. The molecule has 15 heavy (non-hydrogen) atoms. The highest BCUT2D eigenvalue weighted by Crippen LogP contribution is 1.99. The van der Waals surface area contributed by atoms with E-state index in [2.05, 4.69) is 0 Å². The van der Waals surface area contributed by atoms with Gasteiger partial charge in [0.25, 0.3) is 0 Å². The van der Waals surface area contributed by atoms with Crippen molar-refractivity contribution >= 4 is 18.4 Å². The van der Waals surface area contributed by atoms with Crippen LogP contribution in [-0.4, -0.2) is 26.8 Å². The Morgan fingerprint density at radius 1 is 1.60 bits per heavy atom. The lowest BCUT2D eigenvalue weighted by Crippen LogP contribution is -2.34. The fourth-order valence-electron chi connectivity index (χ4n) is 0.931. The molecule has 0 spiro atoms. The van der Waals surface area contributed by atoms with Gasteiger partial charge in [0.15, 0.2) is 5.75 Å². The van der Waals surface area contributed by atoms with Gasteiger partial charge < -0.3 is 20.5 Å². The molecule has 0 unspecified atom stereocenters. The van der Waals surface area contributed by atoms with Crippen LogP contribution in [0, 0.1) is 0 Å². The van der Waals surface area contributed by atoms with Gasteiger partial charge in [-0.15, -0.1) is 12.4 Å². The second kappa shape index (κ2) is 5.38. The number of nitrogens with zero attached hydrogens (tertiary/aromatic N) is 1. The van der Waals surface area contributed by atoms with E-state index >= 15 is 0 Å². The highest BCUT2D eigenvalue weighted by Gasteiger charge is 2.11. The van der Waals surface area contributed by atoms with Crippen LogP contribution >= 0.6 is 12.4 Å². The van der Waals surface area contributed by atoms with Crippen molar-refractivity contribution in [1.82, 2.24) is 4.57 Å². The second-order valence-electron chi connectivity index (χ2n) is 2.84. The van der Waals surface area contributed by atoms with E-state index in [0.717, 1.165) is 12.3 Å². The molecular formula is C8H11ClN2O4. The first kappa shape index (κ1) is 13.5. The number of aromatic hydroxyl groups is 1. The van der Waals surface area contributed by atoms with Gasteiger partial charge in [-0.1, -0.05) is 0 Å². The van der Waals surface area contributed by atoms with Crippen LogP contribution in [0.3, 0.4) is 0 Å². The van der Waals surface area contributed by atoms with Gasteiger partial charge in [-0.25, -0.2) is 0 Å². The van der Waals surface area contributed by atoms with Crippen LogP contribution in [0.1, 0.15) is 0 Å². The minimum absolute atomic E-state index is 0. The van der Waals surface area contributed by atoms with E-state index in [1.807, 2.05) is 0 Å². The van der Waals surface area contributed by atoms with Crippen LogP contribution in [0.25, 0.3) is 0 Å². The Hall–Kier alpha value is -1.53. The molecule has 0 saturated carbocycles. The number of halogens is 1. The highest BCUT2D eigenvalue weighted by atomic mass is 35.5. The molecule has 1 heterocycles. The maximum Gasteiger partial charge on any atom is 0.322 e. The van der Waals surface area contributed by atoms with Crippen molar-refractivity contribution in [1.29, 1.82) is 0 Å². The third-order valence-electron chi connectivity index (χ3n) is 1.68. The third kappa shape index (κ3) is 3.61. The lowest BCUT2D eigenvalue weighted by Gasteiger charge is -2.09. The zero-order valence-corrected chi connectivity index (χ0v) is 8.48. The van der Waals surface area contributed by atoms with Crippen LogP contribution in [0.4, 0.5) is 0 Å². The molecule has 0 saturated heterocycles. The number of carboxylic acids is 1. The van der Waals surface area contributed by atoms with Gasteiger partial charge in [0, 0.05) is 25.0 Å². The number of rotatable bonds is 3. The van der Waals surface area contributed by atoms with Crippen LogP contribution in [-0.2, 0) is 11.3 Å². The number of aromatic nitrogens is 1. The molecule has 1 atom stereocenters. The summed E-state index contributed by atoms with van der Waals surface area (Å²) in [5.74, 6) is -1.56. The number of hydrogen-bond donors (Lipinski definition) is 3. The van der Waals surface area contributed by atoms with E-state index in [1.54, 1.807) is 0 Å². The molecule has 0 aromatic carbocycles. The quantitative estimate of drug-likeness (QED) is 0.647. The largest absolute Gasteiger partial charge is 0.503 e. The summed E-state index contributed by atoms with van der Waals surface area (Å²) in [6, 6.07) is 0.0843. The molecule has 1 rings (SSSR count). The minimum Gasteiger partial charge on any atom is -0.503 e. The summed E-state index contributed by atoms with van der Waals surface area (Å²) in [6.45, 7) is 0.00315. The fraction of sp³-hybridized carbons (Fsp3) is 0.250. The zero-order chi connectivity index (χ0) is 10.7. The number of carbonyl (C=O) groups is 1. The first-order valence-electron chi connectivity index (χ1n) is 3.88. The average molecular weight is 235 g/mol. The number of carboxylic acid groups (broad SMARTS) is 1. The number of nitrogens with two attached hydrogens (primary N) is 1. The molecule has 0 amide bonds.